The molecule has 0 spiro atoms. The minimum atomic E-state index is 0.241. The molecule has 4 unspecified atom stereocenters. The highest BCUT2D eigenvalue weighted by atomic mass is 14.7. The molecule has 2 saturated carbocycles. The lowest BCUT2D eigenvalue weighted by Gasteiger charge is -2.28. The van der Waals surface area contributed by atoms with Gasteiger partial charge in [0.05, 0.1) is 0 Å². The zero-order valence-corrected chi connectivity index (χ0v) is 13.2. The molecule has 2 bridgehead atoms. The molecular formula is C19H29N. The summed E-state index contributed by atoms with van der Waals surface area (Å²) in [7, 11) is 0. The highest BCUT2D eigenvalue weighted by molar-refractivity contribution is 5.28. The molecule has 2 aliphatic rings. The summed E-state index contributed by atoms with van der Waals surface area (Å²) in [6, 6.07) is 9.50. The van der Waals surface area contributed by atoms with Crippen molar-refractivity contribution in [2.75, 3.05) is 0 Å². The van der Waals surface area contributed by atoms with Crippen LogP contribution in [0.15, 0.2) is 24.3 Å². The summed E-state index contributed by atoms with van der Waals surface area (Å²) in [5.41, 5.74) is 9.58. The van der Waals surface area contributed by atoms with Crippen LogP contribution in [0.4, 0.5) is 0 Å². The van der Waals surface area contributed by atoms with Crippen LogP contribution in [0.3, 0.4) is 0 Å². The molecule has 3 rings (SSSR count). The molecule has 2 N–H and O–H groups in total. The quantitative estimate of drug-likeness (QED) is 0.872. The second-order valence-electron chi connectivity index (χ2n) is 8.15. The van der Waals surface area contributed by atoms with Crippen LogP contribution in [0.25, 0.3) is 0 Å². The Morgan fingerprint density at radius 2 is 1.80 bits per heavy atom. The van der Waals surface area contributed by atoms with E-state index in [0.717, 1.165) is 24.2 Å². The summed E-state index contributed by atoms with van der Waals surface area (Å²) in [6.45, 7) is 6.80. The monoisotopic (exact) mass is 271 g/mol. The molecule has 110 valence electrons. The largest absolute Gasteiger partial charge is 0.327 e. The fourth-order valence-electron chi connectivity index (χ4n) is 4.38. The van der Waals surface area contributed by atoms with E-state index in [1.54, 1.807) is 0 Å². The van der Waals surface area contributed by atoms with Crippen LogP contribution in [-0.2, 0) is 11.8 Å². The van der Waals surface area contributed by atoms with Gasteiger partial charge in [-0.05, 0) is 60.0 Å². The first-order valence-corrected chi connectivity index (χ1v) is 8.28. The third-order valence-corrected chi connectivity index (χ3v) is 5.63. The van der Waals surface area contributed by atoms with E-state index in [9.17, 15) is 0 Å². The van der Waals surface area contributed by atoms with Gasteiger partial charge in [0.1, 0.15) is 0 Å². The van der Waals surface area contributed by atoms with Crippen LogP contribution in [-0.4, -0.2) is 6.04 Å². The fourth-order valence-corrected chi connectivity index (χ4v) is 4.38. The number of fused-ring (bicyclic) bond motifs is 2. The van der Waals surface area contributed by atoms with Crippen molar-refractivity contribution in [3.05, 3.63) is 35.4 Å². The minimum Gasteiger partial charge on any atom is -0.327 e. The third kappa shape index (κ3) is 2.79. The first-order chi connectivity index (χ1) is 9.43. The maximum atomic E-state index is 6.52. The van der Waals surface area contributed by atoms with Crippen LogP contribution in [0.2, 0.25) is 0 Å². The number of nitrogens with two attached hydrogens (primary N) is 1. The summed E-state index contributed by atoms with van der Waals surface area (Å²) in [4.78, 5) is 0. The second-order valence-corrected chi connectivity index (χ2v) is 8.15. The molecule has 4 atom stereocenters. The molecular weight excluding hydrogens is 242 g/mol. The smallest absolute Gasteiger partial charge is 0.0110 e. The Hall–Kier alpha value is -0.820. The van der Waals surface area contributed by atoms with Gasteiger partial charge in [0.2, 0.25) is 0 Å². The Morgan fingerprint density at radius 1 is 1.10 bits per heavy atom. The summed E-state index contributed by atoms with van der Waals surface area (Å²) in [5.74, 6) is 2.72. The van der Waals surface area contributed by atoms with E-state index >= 15 is 0 Å². The van der Waals surface area contributed by atoms with Gasteiger partial charge in [-0.1, -0.05) is 51.5 Å². The van der Waals surface area contributed by atoms with E-state index in [0.29, 0.717) is 6.04 Å². The zero-order chi connectivity index (χ0) is 14.3. The highest BCUT2D eigenvalue weighted by Crippen LogP contribution is 2.49. The lowest BCUT2D eigenvalue weighted by Crippen LogP contribution is -2.35. The second kappa shape index (κ2) is 5.18. The molecule has 1 aromatic rings. The van der Waals surface area contributed by atoms with Crippen LogP contribution < -0.4 is 5.73 Å². The van der Waals surface area contributed by atoms with Gasteiger partial charge in [-0.15, -0.1) is 0 Å². The van der Waals surface area contributed by atoms with E-state index in [4.69, 9.17) is 5.73 Å². The van der Waals surface area contributed by atoms with Gasteiger partial charge in [-0.2, -0.15) is 0 Å². The Labute approximate surface area is 124 Å². The fraction of sp³-hybridized carbons (Fsp3) is 0.684. The summed E-state index contributed by atoms with van der Waals surface area (Å²) < 4.78 is 0. The van der Waals surface area contributed by atoms with Gasteiger partial charge in [0.25, 0.3) is 0 Å². The third-order valence-electron chi connectivity index (χ3n) is 5.63. The number of rotatable bonds is 3. The number of hydrogen-bond acceptors (Lipinski definition) is 1. The Bertz CT molecular complexity index is 454. The first-order valence-electron chi connectivity index (χ1n) is 8.28. The lowest BCUT2D eigenvalue weighted by atomic mass is 9.81. The molecule has 1 aromatic carbocycles. The molecule has 2 aliphatic carbocycles. The van der Waals surface area contributed by atoms with Gasteiger partial charge >= 0.3 is 0 Å². The van der Waals surface area contributed by atoms with Gasteiger partial charge < -0.3 is 5.73 Å². The molecule has 0 saturated heterocycles. The van der Waals surface area contributed by atoms with Crippen molar-refractivity contribution in [2.24, 2.45) is 23.5 Å². The van der Waals surface area contributed by atoms with E-state index in [-0.39, 0.29) is 5.41 Å². The van der Waals surface area contributed by atoms with E-state index in [1.165, 1.54) is 36.8 Å². The van der Waals surface area contributed by atoms with E-state index < -0.39 is 0 Å². The van der Waals surface area contributed by atoms with Gasteiger partial charge in [0, 0.05) is 6.04 Å². The van der Waals surface area contributed by atoms with Crippen molar-refractivity contribution in [3.8, 4) is 0 Å². The van der Waals surface area contributed by atoms with E-state index in [1.807, 2.05) is 0 Å². The van der Waals surface area contributed by atoms with Crippen molar-refractivity contribution in [1.29, 1.82) is 0 Å². The molecule has 1 heteroatoms. The lowest BCUT2D eigenvalue weighted by molar-refractivity contribution is 0.280. The van der Waals surface area contributed by atoms with Crippen LogP contribution >= 0.6 is 0 Å². The SMILES string of the molecule is CC(C)(C)c1ccc(CC(N)C2CC3CCC2C3)cc1. The van der Waals surface area contributed by atoms with Crippen molar-refractivity contribution in [3.63, 3.8) is 0 Å². The van der Waals surface area contributed by atoms with Crippen LogP contribution in [0.1, 0.15) is 57.6 Å². The predicted molar refractivity (Wildman–Crippen MR) is 85.8 cm³/mol. The predicted octanol–water partition coefficient (Wildman–Crippen LogP) is 4.29. The summed E-state index contributed by atoms with van der Waals surface area (Å²) in [6.07, 6.45) is 6.81. The molecule has 0 heterocycles. The average Bonchev–Trinajstić information content (AvgIpc) is 3.00. The number of hydrogen-bond donors (Lipinski definition) is 1. The highest BCUT2D eigenvalue weighted by Gasteiger charge is 2.41. The van der Waals surface area contributed by atoms with Crippen molar-refractivity contribution < 1.29 is 0 Å². The maximum Gasteiger partial charge on any atom is 0.0110 e. The molecule has 0 aliphatic heterocycles. The number of benzene rings is 1. The Balaban J connectivity index is 1.63. The Morgan fingerprint density at radius 3 is 2.30 bits per heavy atom. The maximum absolute atomic E-state index is 6.52. The molecule has 0 aromatic heterocycles. The minimum absolute atomic E-state index is 0.241. The molecule has 0 amide bonds. The van der Waals surface area contributed by atoms with Crippen LogP contribution in [0, 0.1) is 17.8 Å². The van der Waals surface area contributed by atoms with Crippen LogP contribution in [0.5, 0.6) is 0 Å². The average molecular weight is 271 g/mol. The first kappa shape index (κ1) is 14.1. The van der Waals surface area contributed by atoms with Crippen molar-refractivity contribution in [1.82, 2.24) is 0 Å². The summed E-state index contributed by atoms with van der Waals surface area (Å²) in [5, 5.41) is 0. The van der Waals surface area contributed by atoms with Crippen molar-refractivity contribution >= 4 is 0 Å². The van der Waals surface area contributed by atoms with E-state index in [2.05, 4.69) is 45.0 Å². The van der Waals surface area contributed by atoms with Gasteiger partial charge in [0.15, 0.2) is 0 Å². The molecule has 20 heavy (non-hydrogen) atoms. The molecule has 1 nitrogen and oxygen atoms in total. The Kier molecular flexibility index (Phi) is 3.66. The zero-order valence-electron chi connectivity index (χ0n) is 13.2. The standard InChI is InChI=1S/C19H29N/c1-19(2,3)16-8-5-13(6-9-16)12-18(20)17-11-14-4-7-15(17)10-14/h5-6,8-9,14-15,17-18H,4,7,10-12,20H2,1-3H3. The van der Waals surface area contributed by atoms with Gasteiger partial charge in [-0.3, -0.25) is 0 Å². The molecule has 0 radical (unpaired) electrons. The topological polar surface area (TPSA) is 26.0 Å². The normalized spacial score (nSPS) is 30.7. The molecule has 2 fully saturated rings. The summed E-state index contributed by atoms with van der Waals surface area (Å²) >= 11 is 0. The van der Waals surface area contributed by atoms with Crippen molar-refractivity contribution in [2.45, 2.75) is 64.3 Å². The van der Waals surface area contributed by atoms with Gasteiger partial charge in [-0.25, -0.2) is 0 Å².